The highest BCUT2D eigenvalue weighted by molar-refractivity contribution is 7.09. The lowest BCUT2D eigenvalue weighted by atomic mass is 9.80. The molecule has 1 saturated carbocycles. The van der Waals surface area contributed by atoms with E-state index in [1.165, 1.54) is 36.2 Å². The Balaban J connectivity index is 1.79. The van der Waals surface area contributed by atoms with Crippen LogP contribution < -0.4 is 0 Å². The lowest BCUT2D eigenvalue weighted by Gasteiger charge is -2.26. The molecular weight excluding hydrogens is 230 g/mol. The van der Waals surface area contributed by atoms with Gasteiger partial charge in [-0.15, -0.1) is 11.3 Å². The highest BCUT2D eigenvalue weighted by Crippen LogP contribution is 2.36. The molecule has 1 heterocycles. The molecule has 1 aromatic carbocycles. The second kappa shape index (κ2) is 4.59. The number of rotatable bonds is 3. The standard InChI is InChI=1S/C14H15NOS/c16-14(13-8-15-9-17-13)12-6-4-11(5-7-12)10-2-1-3-10/h4-10,14,16H,1-3H2. The van der Waals surface area contributed by atoms with Gasteiger partial charge in [-0.05, 0) is 29.9 Å². The Labute approximate surface area is 105 Å². The minimum Gasteiger partial charge on any atom is -0.383 e. The summed E-state index contributed by atoms with van der Waals surface area (Å²) in [5.74, 6) is 0.754. The third-order valence-electron chi connectivity index (χ3n) is 3.55. The molecule has 1 fully saturated rings. The van der Waals surface area contributed by atoms with Crippen LogP contribution >= 0.6 is 11.3 Å². The molecule has 2 aromatic rings. The van der Waals surface area contributed by atoms with Crippen molar-refractivity contribution in [2.24, 2.45) is 0 Å². The van der Waals surface area contributed by atoms with Gasteiger partial charge in [-0.2, -0.15) is 0 Å². The van der Waals surface area contributed by atoms with E-state index in [9.17, 15) is 5.11 Å². The van der Waals surface area contributed by atoms with Crippen molar-refractivity contribution >= 4 is 11.3 Å². The van der Waals surface area contributed by atoms with E-state index in [1.54, 1.807) is 11.7 Å². The summed E-state index contributed by atoms with van der Waals surface area (Å²) in [6, 6.07) is 8.39. The van der Waals surface area contributed by atoms with Crippen LogP contribution in [0.4, 0.5) is 0 Å². The van der Waals surface area contributed by atoms with Gasteiger partial charge in [0.1, 0.15) is 6.10 Å². The number of aromatic nitrogens is 1. The van der Waals surface area contributed by atoms with E-state index in [4.69, 9.17) is 0 Å². The van der Waals surface area contributed by atoms with Crippen LogP contribution in [0, 0.1) is 0 Å². The summed E-state index contributed by atoms with van der Waals surface area (Å²) < 4.78 is 0. The summed E-state index contributed by atoms with van der Waals surface area (Å²) in [5.41, 5.74) is 4.12. The Hall–Kier alpha value is -1.19. The maximum Gasteiger partial charge on any atom is 0.115 e. The van der Waals surface area contributed by atoms with Crippen LogP contribution in [0.25, 0.3) is 0 Å². The third kappa shape index (κ3) is 2.13. The number of benzene rings is 1. The van der Waals surface area contributed by atoms with Gasteiger partial charge in [0.2, 0.25) is 0 Å². The first-order valence-corrected chi connectivity index (χ1v) is 6.89. The lowest BCUT2D eigenvalue weighted by Crippen LogP contribution is -2.08. The molecule has 0 amide bonds. The second-order valence-electron chi connectivity index (χ2n) is 4.60. The second-order valence-corrected chi connectivity index (χ2v) is 5.52. The first-order chi connectivity index (χ1) is 8.34. The van der Waals surface area contributed by atoms with Gasteiger partial charge in [0.15, 0.2) is 0 Å². The highest BCUT2D eigenvalue weighted by atomic mass is 32.1. The first-order valence-electron chi connectivity index (χ1n) is 6.01. The number of aliphatic hydroxyl groups excluding tert-OH is 1. The van der Waals surface area contributed by atoms with Crippen molar-refractivity contribution < 1.29 is 5.11 Å². The molecule has 1 aliphatic carbocycles. The van der Waals surface area contributed by atoms with Gasteiger partial charge >= 0.3 is 0 Å². The molecule has 1 aromatic heterocycles. The molecule has 2 nitrogen and oxygen atoms in total. The average Bonchev–Trinajstić information content (AvgIpc) is 2.80. The van der Waals surface area contributed by atoms with Crippen LogP contribution in [0.5, 0.6) is 0 Å². The van der Waals surface area contributed by atoms with Crippen LogP contribution in [0.3, 0.4) is 0 Å². The molecule has 0 radical (unpaired) electrons. The lowest BCUT2D eigenvalue weighted by molar-refractivity contribution is 0.224. The van der Waals surface area contributed by atoms with Crippen LogP contribution in [0.1, 0.15) is 47.3 Å². The normalized spacial score (nSPS) is 17.7. The van der Waals surface area contributed by atoms with E-state index in [-0.39, 0.29) is 0 Å². The SMILES string of the molecule is OC(c1ccc(C2CCC2)cc1)c1cncs1. The number of aliphatic hydroxyl groups is 1. The van der Waals surface area contributed by atoms with Crippen LogP contribution in [-0.4, -0.2) is 10.1 Å². The molecule has 17 heavy (non-hydrogen) atoms. The Morgan fingerprint density at radius 1 is 1.24 bits per heavy atom. The van der Waals surface area contributed by atoms with Crippen LogP contribution in [0.2, 0.25) is 0 Å². The van der Waals surface area contributed by atoms with E-state index < -0.39 is 6.10 Å². The van der Waals surface area contributed by atoms with Crippen molar-refractivity contribution in [3.05, 3.63) is 52.0 Å². The molecular formula is C14H15NOS. The molecule has 1 N–H and O–H groups in total. The first kappa shape index (κ1) is 10.9. The summed E-state index contributed by atoms with van der Waals surface area (Å²) in [4.78, 5) is 4.90. The summed E-state index contributed by atoms with van der Waals surface area (Å²) in [6.07, 6.45) is 5.19. The number of hydrogen-bond donors (Lipinski definition) is 1. The smallest absolute Gasteiger partial charge is 0.115 e. The Morgan fingerprint density at radius 3 is 2.53 bits per heavy atom. The van der Waals surface area contributed by atoms with Gasteiger partial charge in [-0.25, -0.2) is 0 Å². The van der Waals surface area contributed by atoms with Crippen molar-refractivity contribution in [1.29, 1.82) is 0 Å². The third-order valence-corrected chi connectivity index (χ3v) is 4.38. The summed E-state index contributed by atoms with van der Waals surface area (Å²) >= 11 is 1.49. The van der Waals surface area contributed by atoms with E-state index in [1.807, 2.05) is 12.1 Å². The molecule has 3 rings (SSSR count). The number of thiazole rings is 1. The quantitative estimate of drug-likeness (QED) is 0.898. The zero-order valence-corrected chi connectivity index (χ0v) is 10.4. The summed E-state index contributed by atoms with van der Waals surface area (Å²) in [5, 5.41) is 10.2. The average molecular weight is 245 g/mol. The zero-order valence-electron chi connectivity index (χ0n) is 9.54. The monoisotopic (exact) mass is 245 g/mol. The van der Waals surface area contributed by atoms with E-state index >= 15 is 0 Å². The van der Waals surface area contributed by atoms with Crippen LogP contribution in [0.15, 0.2) is 36.0 Å². The topological polar surface area (TPSA) is 33.1 Å². The van der Waals surface area contributed by atoms with E-state index in [2.05, 4.69) is 17.1 Å². The number of hydrogen-bond acceptors (Lipinski definition) is 3. The molecule has 0 aliphatic heterocycles. The van der Waals surface area contributed by atoms with Crippen LogP contribution in [-0.2, 0) is 0 Å². The zero-order chi connectivity index (χ0) is 11.7. The van der Waals surface area contributed by atoms with Crippen molar-refractivity contribution in [1.82, 2.24) is 4.98 Å². The predicted octanol–water partition coefficient (Wildman–Crippen LogP) is 3.49. The summed E-state index contributed by atoms with van der Waals surface area (Å²) in [7, 11) is 0. The molecule has 1 aliphatic rings. The molecule has 0 saturated heterocycles. The van der Waals surface area contributed by atoms with Crippen molar-refractivity contribution in [2.45, 2.75) is 31.3 Å². The van der Waals surface area contributed by atoms with Gasteiger partial charge in [0, 0.05) is 6.20 Å². The predicted molar refractivity (Wildman–Crippen MR) is 69.2 cm³/mol. The maximum atomic E-state index is 10.2. The Morgan fingerprint density at radius 2 is 2.00 bits per heavy atom. The van der Waals surface area contributed by atoms with Gasteiger partial charge in [-0.1, -0.05) is 30.7 Å². The maximum absolute atomic E-state index is 10.2. The fraction of sp³-hybridized carbons (Fsp3) is 0.357. The molecule has 3 heteroatoms. The molecule has 1 unspecified atom stereocenters. The minimum atomic E-state index is -0.530. The van der Waals surface area contributed by atoms with Gasteiger partial charge in [0.05, 0.1) is 10.4 Å². The molecule has 88 valence electrons. The fourth-order valence-corrected chi connectivity index (χ4v) is 2.85. The van der Waals surface area contributed by atoms with Gasteiger partial charge in [0.25, 0.3) is 0 Å². The highest BCUT2D eigenvalue weighted by Gasteiger charge is 2.19. The Kier molecular flexibility index (Phi) is 2.95. The summed E-state index contributed by atoms with van der Waals surface area (Å²) in [6.45, 7) is 0. The van der Waals surface area contributed by atoms with Gasteiger partial charge < -0.3 is 5.11 Å². The molecule has 0 bridgehead atoms. The van der Waals surface area contributed by atoms with Crippen molar-refractivity contribution in [2.75, 3.05) is 0 Å². The van der Waals surface area contributed by atoms with E-state index in [0.717, 1.165) is 16.4 Å². The van der Waals surface area contributed by atoms with Crippen molar-refractivity contribution in [3.8, 4) is 0 Å². The molecule has 1 atom stereocenters. The molecule has 0 spiro atoms. The Bertz CT molecular complexity index is 473. The van der Waals surface area contributed by atoms with E-state index in [0.29, 0.717) is 0 Å². The van der Waals surface area contributed by atoms with Gasteiger partial charge in [-0.3, -0.25) is 4.98 Å². The minimum absolute atomic E-state index is 0.530. The largest absolute Gasteiger partial charge is 0.383 e. The fourth-order valence-electron chi connectivity index (χ4n) is 2.22. The van der Waals surface area contributed by atoms with Crippen molar-refractivity contribution in [3.63, 3.8) is 0 Å². The number of nitrogens with zero attached hydrogens (tertiary/aromatic N) is 1.